The van der Waals surface area contributed by atoms with Crippen LogP contribution in [0.4, 0.5) is 0 Å². The summed E-state index contributed by atoms with van der Waals surface area (Å²) in [6.07, 6.45) is 5.66. The molecule has 0 amide bonds. The number of carboxylic acids is 1. The SMILES string of the molecule is COC1OC(=O)C2=C1C1(C)CCC3C(C)(C(=O)O)CCCC3(C)C1CC2. The van der Waals surface area contributed by atoms with E-state index >= 15 is 0 Å². The highest BCUT2D eigenvalue weighted by molar-refractivity contribution is 5.92. The molecule has 6 atom stereocenters. The minimum atomic E-state index is -0.651. The lowest BCUT2D eigenvalue weighted by Gasteiger charge is -2.63. The van der Waals surface area contributed by atoms with Crippen molar-refractivity contribution in [3.8, 4) is 0 Å². The van der Waals surface area contributed by atoms with E-state index in [0.717, 1.165) is 56.1 Å². The molecule has 1 N–H and O–H groups in total. The Morgan fingerprint density at radius 2 is 1.88 bits per heavy atom. The lowest BCUT2D eigenvalue weighted by molar-refractivity contribution is -0.178. The van der Waals surface area contributed by atoms with Gasteiger partial charge < -0.3 is 14.6 Å². The molecule has 0 aromatic heterocycles. The van der Waals surface area contributed by atoms with Crippen molar-refractivity contribution in [1.29, 1.82) is 0 Å². The van der Waals surface area contributed by atoms with E-state index in [2.05, 4.69) is 13.8 Å². The van der Waals surface area contributed by atoms with Crippen LogP contribution in [0.1, 0.15) is 65.7 Å². The van der Waals surface area contributed by atoms with Crippen molar-refractivity contribution in [1.82, 2.24) is 0 Å². The molecule has 26 heavy (non-hydrogen) atoms. The quantitative estimate of drug-likeness (QED) is 0.754. The van der Waals surface area contributed by atoms with Crippen molar-refractivity contribution >= 4 is 11.9 Å². The van der Waals surface area contributed by atoms with E-state index in [-0.39, 0.29) is 22.7 Å². The first-order valence-electron chi connectivity index (χ1n) is 9.89. The van der Waals surface area contributed by atoms with Gasteiger partial charge in [0.25, 0.3) is 0 Å². The highest BCUT2D eigenvalue weighted by atomic mass is 16.7. The molecule has 144 valence electrons. The summed E-state index contributed by atoms with van der Waals surface area (Å²) in [7, 11) is 1.59. The molecule has 0 aromatic carbocycles. The molecule has 2 saturated carbocycles. The molecule has 1 aliphatic heterocycles. The molecular formula is C21H30O5. The van der Waals surface area contributed by atoms with Crippen LogP contribution in [0.3, 0.4) is 0 Å². The average molecular weight is 362 g/mol. The third kappa shape index (κ3) is 2.07. The average Bonchev–Trinajstić information content (AvgIpc) is 2.91. The fourth-order valence-electron chi connectivity index (χ4n) is 7.34. The summed E-state index contributed by atoms with van der Waals surface area (Å²) in [5, 5.41) is 9.98. The molecule has 5 nitrogen and oxygen atoms in total. The summed E-state index contributed by atoms with van der Waals surface area (Å²) in [4.78, 5) is 24.5. The number of aliphatic carboxylic acids is 1. The number of hydrogen-bond donors (Lipinski definition) is 1. The van der Waals surface area contributed by atoms with Crippen molar-refractivity contribution in [3.63, 3.8) is 0 Å². The lowest BCUT2D eigenvalue weighted by atomic mass is 9.40. The second kappa shape index (κ2) is 5.57. The summed E-state index contributed by atoms with van der Waals surface area (Å²) in [6.45, 7) is 6.52. The maximum Gasteiger partial charge on any atom is 0.336 e. The van der Waals surface area contributed by atoms with Gasteiger partial charge >= 0.3 is 11.9 Å². The number of rotatable bonds is 2. The maximum absolute atomic E-state index is 12.3. The van der Waals surface area contributed by atoms with Crippen LogP contribution in [-0.4, -0.2) is 30.4 Å². The predicted molar refractivity (Wildman–Crippen MR) is 95.2 cm³/mol. The summed E-state index contributed by atoms with van der Waals surface area (Å²) in [6, 6.07) is 0. The van der Waals surface area contributed by atoms with E-state index in [4.69, 9.17) is 9.47 Å². The van der Waals surface area contributed by atoms with Gasteiger partial charge in [-0.3, -0.25) is 4.79 Å². The van der Waals surface area contributed by atoms with Gasteiger partial charge in [0.15, 0.2) is 0 Å². The van der Waals surface area contributed by atoms with Crippen molar-refractivity contribution in [2.75, 3.05) is 7.11 Å². The Kier molecular flexibility index (Phi) is 3.86. The Bertz CT molecular complexity index is 697. The first-order valence-corrected chi connectivity index (χ1v) is 9.89. The standard InChI is InChI=1S/C21H30O5/c1-19-9-5-10-21(3,18(23)24)14(19)8-11-20(2)13(19)7-6-12-15(20)17(25-4)26-16(12)22/h13-14,17H,5-11H2,1-4H3,(H,23,24). The minimum Gasteiger partial charge on any atom is -0.481 e. The molecule has 0 saturated heterocycles. The number of carbonyl (C=O) groups is 2. The van der Waals surface area contributed by atoms with Gasteiger partial charge in [-0.25, -0.2) is 4.79 Å². The number of cyclic esters (lactones) is 1. The number of hydrogen-bond acceptors (Lipinski definition) is 4. The van der Waals surface area contributed by atoms with Gasteiger partial charge in [0.2, 0.25) is 6.29 Å². The van der Waals surface area contributed by atoms with Gasteiger partial charge in [0.05, 0.1) is 5.41 Å². The molecule has 0 radical (unpaired) electrons. The zero-order valence-electron chi connectivity index (χ0n) is 16.3. The van der Waals surface area contributed by atoms with Crippen LogP contribution in [0.25, 0.3) is 0 Å². The Hall–Kier alpha value is -1.36. The first-order chi connectivity index (χ1) is 12.2. The molecule has 4 rings (SSSR count). The molecule has 2 fully saturated rings. The monoisotopic (exact) mass is 362 g/mol. The van der Waals surface area contributed by atoms with Crippen molar-refractivity contribution in [3.05, 3.63) is 11.1 Å². The van der Waals surface area contributed by atoms with Gasteiger partial charge in [0, 0.05) is 18.3 Å². The molecule has 0 aromatic rings. The lowest BCUT2D eigenvalue weighted by Crippen LogP contribution is -2.59. The Labute approximate surface area is 155 Å². The van der Waals surface area contributed by atoms with Crippen LogP contribution in [0.15, 0.2) is 11.1 Å². The fraction of sp³-hybridized carbons (Fsp3) is 0.810. The third-order valence-corrected chi connectivity index (χ3v) is 8.52. The van der Waals surface area contributed by atoms with Crippen LogP contribution in [-0.2, 0) is 19.1 Å². The number of carboxylic acid groups (broad SMARTS) is 1. The number of esters is 1. The van der Waals surface area contributed by atoms with E-state index in [1.165, 1.54) is 0 Å². The van der Waals surface area contributed by atoms with Crippen LogP contribution < -0.4 is 0 Å². The van der Waals surface area contributed by atoms with Gasteiger partial charge in [-0.05, 0) is 68.1 Å². The Balaban J connectivity index is 1.79. The summed E-state index contributed by atoms with van der Waals surface area (Å²) < 4.78 is 11.0. The van der Waals surface area contributed by atoms with Gasteiger partial charge in [0.1, 0.15) is 0 Å². The van der Waals surface area contributed by atoms with E-state index in [1.807, 2.05) is 6.92 Å². The molecular weight excluding hydrogens is 332 g/mol. The highest BCUT2D eigenvalue weighted by Crippen LogP contribution is 2.69. The van der Waals surface area contributed by atoms with Crippen LogP contribution in [0, 0.1) is 28.1 Å². The van der Waals surface area contributed by atoms with Crippen LogP contribution >= 0.6 is 0 Å². The Morgan fingerprint density at radius 3 is 2.54 bits per heavy atom. The van der Waals surface area contributed by atoms with Crippen molar-refractivity contribution in [2.24, 2.45) is 28.1 Å². The Morgan fingerprint density at radius 1 is 1.15 bits per heavy atom. The summed E-state index contributed by atoms with van der Waals surface area (Å²) in [5.41, 5.74) is 1.03. The first kappa shape index (κ1) is 18.0. The fourth-order valence-corrected chi connectivity index (χ4v) is 7.34. The van der Waals surface area contributed by atoms with Crippen LogP contribution in [0.2, 0.25) is 0 Å². The largest absolute Gasteiger partial charge is 0.481 e. The minimum absolute atomic E-state index is 0.0269. The molecule has 4 aliphatic rings. The predicted octanol–water partition coefficient (Wildman–Crippen LogP) is 3.92. The molecule has 3 aliphatic carbocycles. The van der Waals surface area contributed by atoms with Gasteiger partial charge in [-0.1, -0.05) is 20.3 Å². The van der Waals surface area contributed by atoms with Gasteiger partial charge in [-0.2, -0.15) is 0 Å². The molecule has 6 unspecified atom stereocenters. The van der Waals surface area contributed by atoms with E-state index in [9.17, 15) is 14.7 Å². The topological polar surface area (TPSA) is 72.8 Å². The highest BCUT2D eigenvalue weighted by Gasteiger charge is 2.64. The summed E-state index contributed by atoms with van der Waals surface area (Å²) >= 11 is 0. The third-order valence-electron chi connectivity index (χ3n) is 8.52. The zero-order valence-corrected chi connectivity index (χ0v) is 16.3. The summed E-state index contributed by atoms with van der Waals surface area (Å²) in [5.74, 6) is -0.334. The number of carbonyl (C=O) groups excluding carboxylic acids is 1. The van der Waals surface area contributed by atoms with Crippen molar-refractivity contribution < 1.29 is 24.2 Å². The zero-order chi connectivity index (χ0) is 18.9. The van der Waals surface area contributed by atoms with E-state index in [0.29, 0.717) is 5.92 Å². The van der Waals surface area contributed by atoms with Crippen molar-refractivity contribution in [2.45, 2.75) is 72.0 Å². The van der Waals surface area contributed by atoms with E-state index in [1.54, 1.807) is 7.11 Å². The van der Waals surface area contributed by atoms with E-state index < -0.39 is 17.7 Å². The molecule has 0 spiro atoms. The second-order valence-electron chi connectivity index (χ2n) is 9.55. The maximum atomic E-state index is 12.3. The normalized spacial score (nSPS) is 47.7. The second-order valence-corrected chi connectivity index (χ2v) is 9.55. The number of fused-ring (bicyclic) bond motifs is 4. The van der Waals surface area contributed by atoms with Crippen LogP contribution in [0.5, 0.6) is 0 Å². The van der Waals surface area contributed by atoms with Gasteiger partial charge in [-0.15, -0.1) is 0 Å². The smallest absolute Gasteiger partial charge is 0.336 e. The number of ether oxygens (including phenoxy) is 2. The molecule has 0 bridgehead atoms. The molecule has 5 heteroatoms. The molecule has 1 heterocycles. The number of methoxy groups -OCH3 is 1.